The van der Waals surface area contributed by atoms with E-state index in [1.54, 1.807) is 0 Å². The summed E-state index contributed by atoms with van der Waals surface area (Å²) in [6.45, 7) is 0. The van der Waals surface area contributed by atoms with E-state index in [9.17, 15) is 0 Å². The quantitative estimate of drug-likeness (QED) is 0.633. The fraction of sp³-hybridized carbons (Fsp3) is 0.0909. The van der Waals surface area contributed by atoms with Gasteiger partial charge in [-0.1, -0.05) is 24.1 Å². The van der Waals surface area contributed by atoms with E-state index in [1.165, 1.54) is 5.39 Å². The van der Waals surface area contributed by atoms with Crippen LogP contribution in [0.2, 0.25) is 0 Å². The predicted octanol–water partition coefficient (Wildman–Crippen LogP) is 2.04. The molecule has 0 aliphatic heterocycles. The van der Waals surface area contributed by atoms with Crippen LogP contribution in [-0.4, -0.2) is 10.1 Å². The molecule has 0 amide bonds. The summed E-state index contributed by atoms with van der Waals surface area (Å²) in [7, 11) is 0. The Hall–Kier alpha value is -1.88. The summed E-state index contributed by atoms with van der Waals surface area (Å²) in [6.07, 6.45) is 2.45. The minimum Gasteiger partial charge on any atom is -0.462 e. The molecule has 0 bridgehead atoms. The average molecular weight is 171 g/mol. The standard InChI is InChI=1S/C11H9NO/c13-7-3-5-10-8-9-4-1-2-6-11(9)12-10/h1-2,4,6,8,12-13H,5H2. The van der Waals surface area contributed by atoms with Crippen LogP contribution in [0.1, 0.15) is 5.69 Å². The number of aromatic nitrogens is 1. The molecule has 1 aromatic carbocycles. The van der Waals surface area contributed by atoms with Crippen molar-refractivity contribution in [2.45, 2.75) is 6.42 Å². The van der Waals surface area contributed by atoms with Crippen molar-refractivity contribution < 1.29 is 5.11 Å². The Morgan fingerprint density at radius 2 is 2.15 bits per heavy atom. The highest BCUT2D eigenvalue weighted by Gasteiger charge is 1.96. The molecular weight excluding hydrogens is 162 g/mol. The van der Waals surface area contributed by atoms with Gasteiger partial charge < -0.3 is 10.1 Å². The molecule has 1 heterocycles. The van der Waals surface area contributed by atoms with Crippen LogP contribution in [0.4, 0.5) is 0 Å². The van der Waals surface area contributed by atoms with E-state index < -0.39 is 0 Å². The van der Waals surface area contributed by atoms with Crippen LogP contribution in [0.3, 0.4) is 0 Å². The van der Waals surface area contributed by atoms with Crippen molar-refractivity contribution in [2.24, 2.45) is 0 Å². The molecule has 0 spiro atoms. The Bertz CT molecular complexity index is 440. The van der Waals surface area contributed by atoms with Crippen LogP contribution < -0.4 is 0 Å². The van der Waals surface area contributed by atoms with Crippen LogP contribution in [0.25, 0.3) is 10.9 Å². The summed E-state index contributed by atoms with van der Waals surface area (Å²) in [4.78, 5) is 3.22. The predicted molar refractivity (Wildman–Crippen MR) is 51.7 cm³/mol. The Labute approximate surface area is 76.2 Å². The average Bonchev–Trinajstić information content (AvgIpc) is 2.57. The molecule has 64 valence electrons. The summed E-state index contributed by atoms with van der Waals surface area (Å²) in [5.74, 6) is 2.60. The number of aromatic amines is 1. The number of aliphatic hydroxyl groups excluding tert-OH is 1. The number of H-pyrrole nitrogens is 1. The van der Waals surface area contributed by atoms with Crippen LogP contribution in [0.15, 0.2) is 30.3 Å². The molecule has 0 fully saturated rings. The lowest BCUT2D eigenvalue weighted by Gasteiger charge is -1.85. The van der Waals surface area contributed by atoms with Crippen molar-refractivity contribution in [1.29, 1.82) is 0 Å². The minimum absolute atomic E-state index is 0.561. The number of benzene rings is 1. The summed E-state index contributed by atoms with van der Waals surface area (Å²) >= 11 is 0. The molecular formula is C11H9NO. The van der Waals surface area contributed by atoms with Crippen LogP contribution in [-0.2, 0) is 6.42 Å². The molecule has 2 N–H and O–H groups in total. The van der Waals surface area contributed by atoms with Crippen molar-refractivity contribution in [3.05, 3.63) is 36.0 Å². The molecule has 1 aromatic heterocycles. The Morgan fingerprint density at radius 3 is 2.92 bits per heavy atom. The van der Waals surface area contributed by atoms with Crippen LogP contribution in [0.5, 0.6) is 0 Å². The normalized spacial score (nSPS) is 9.54. The van der Waals surface area contributed by atoms with E-state index in [1.807, 2.05) is 36.4 Å². The lowest BCUT2D eigenvalue weighted by atomic mass is 10.2. The zero-order valence-electron chi connectivity index (χ0n) is 7.04. The van der Waals surface area contributed by atoms with E-state index in [-0.39, 0.29) is 0 Å². The SMILES string of the molecule is OC#CCc1cc2ccccc2[nH]1. The van der Waals surface area contributed by atoms with E-state index in [4.69, 9.17) is 5.11 Å². The van der Waals surface area contributed by atoms with E-state index >= 15 is 0 Å². The fourth-order valence-corrected chi connectivity index (χ4v) is 1.36. The van der Waals surface area contributed by atoms with Crippen molar-refractivity contribution in [3.8, 4) is 12.0 Å². The first-order valence-corrected chi connectivity index (χ1v) is 4.09. The van der Waals surface area contributed by atoms with Crippen molar-refractivity contribution in [2.75, 3.05) is 0 Å². The Balaban J connectivity index is 2.42. The third-order valence-electron chi connectivity index (χ3n) is 1.94. The third-order valence-corrected chi connectivity index (χ3v) is 1.94. The van der Waals surface area contributed by atoms with Gasteiger partial charge in [0.15, 0.2) is 0 Å². The maximum absolute atomic E-state index is 8.33. The Kier molecular flexibility index (Phi) is 1.93. The smallest absolute Gasteiger partial charge is 0.107 e. The second-order valence-corrected chi connectivity index (χ2v) is 2.85. The van der Waals surface area contributed by atoms with Gasteiger partial charge in [-0.2, -0.15) is 0 Å². The molecule has 2 aromatic rings. The summed E-state index contributed by atoms with van der Waals surface area (Å²) in [5, 5.41) is 9.51. The van der Waals surface area contributed by atoms with Crippen molar-refractivity contribution in [3.63, 3.8) is 0 Å². The van der Waals surface area contributed by atoms with Gasteiger partial charge in [0.1, 0.15) is 6.11 Å². The van der Waals surface area contributed by atoms with E-state index in [0.717, 1.165) is 11.2 Å². The first kappa shape index (κ1) is 7.75. The molecule has 0 saturated carbocycles. The topological polar surface area (TPSA) is 36.0 Å². The number of aliphatic hydroxyl groups is 1. The zero-order valence-corrected chi connectivity index (χ0v) is 7.04. The van der Waals surface area contributed by atoms with Gasteiger partial charge in [-0.05, 0) is 17.5 Å². The molecule has 2 nitrogen and oxygen atoms in total. The maximum atomic E-state index is 8.33. The summed E-state index contributed by atoms with van der Waals surface area (Å²) < 4.78 is 0. The maximum Gasteiger partial charge on any atom is 0.107 e. The fourth-order valence-electron chi connectivity index (χ4n) is 1.36. The van der Waals surface area contributed by atoms with Crippen LogP contribution in [0, 0.1) is 12.0 Å². The lowest BCUT2D eigenvalue weighted by molar-refractivity contribution is 0.516. The molecule has 0 unspecified atom stereocenters. The van der Waals surface area contributed by atoms with Gasteiger partial charge in [-0.25, -0.2) is 0 Å². The first-order valence-electron chi connectivity index (χ1n) is 4.09. The largest absolute Gasteiger partial charge is 0.462 e. The van der Waals surface area contributed by atoms with Crippen molar-refractivity contribution >= 4 is 10.9 Å². The number of hydrogen-bond acceptors (Lipinski definition) is 1. The highest BCUT2D eigenvalue weighted by atomic mass is 16.2. The van der Waals surface area contributed by atoms with Crippen LogP contribution >= 0.6 is 0 Å². The highest BCUT2D eigenvalue weighted by Crippen LogP contribution is 2.14. The lowest BCUT2D eigenvalue weighted by Crippen LogP contribution is -1.78. The molecule has 2 rings (SSSR count). The molecule has 0 atom stereocenters. The first-order chi connectivity index (χ1) is 6.40. The molecule has 13 heavy (non-hydrogen) atoms. The van der Waals surface area contributed by atoms with E-state index in [2.05, 4.69) is 10.9 Å². The summed E-state index contributed by atoms with van der Waals surface area (Å²) in [5.41, 5.74) is 2.14. The van der Waals surface area contributed by atoms with Gasteiger partial charge >= 0.3 is 0 Å². The number of nitrogens with one attached hydrogen (secondary N) is 1. The highest BCUT2D eigenvalue weighted by molar-refractivity contribution is 5.80. The van der Waals surface area contributed by atoms with Gasteiger partial charge in [0, 0.05) is 11.2 Å². The molecule has 0 aliphatic rings. The van der Waals surface area contributed by atoms with Gasteiger partial charge in [0.25, 0.3) is 0 Å². The molecule has 0 saturated heterocycles. The second-order valence-electron chi connectivity index (χ2n) is 2.85. The molecule has 2 heteroatoms. The Morgan fingerprint density at radius 1 is 1.31 bits per heavy atom. The van der Waals surface area contributed by atoms with Gasteiger partial charge in [-0.3, -0.25) is 0 Å². The van der Waals surface area contributed by atoms with Gasteiger partial charge in [-0.15, -0.1) is 0 Å². The monoisotopic (exact) mass is 171 g/mol. The number of hydrogen-bond donors (Lipinski definition) is 2. The van der Waals surface area contributed by atoms with Gasteiger partial charge in [0.05, 0.1) is 6.42 Å². The minimum atomic E-state index is 0.561. The number of fused-ring (bicyclic) bond motifs is 1. The number of para-hydroxylation sites is 1. The molecule has 0 radical (unpaired) electrons. The second kappa shape index (κ2) is 3.24. The van der Waals surface area contributed by atoms with Gasteiger partial charge in [0.2, 0.25) is 0 Å². The van der Waals surface area contributed by atoms with E-state index in [0.29, 0.717) is 6.42 Å². The van der Waals surface area contributed by atoms with Crippen molar-refractivity contribution in [1.82, 2.24) is 4.98 Å². The third kappa shape index (κ3) is 1.50. The number of rotatable bonds is 1. The zero-order chi connectivity index (χ0) is 9.10. The summed E-state index contributed by atoms with van der Waals surface area (Å²) in [6, 6.07) is 10.1. The molecule has 0 aliphatic carbocycles.